The maximum Gasteiger partial charge on any atom is 0.160 e. The zero-order valence-electron chi connectivity index (χ0n) is 8.63. The third-order valence-corrected chi connectivity index (χ3v) is 2.87. The van der Waals surface area contributed by atoms with E-state index in [9.17, 15) is 8.78 Å². The van der Waals surface area contributed by atoms with E-state index < -0.39 is 11.6 Å². The molecule has 1 aromatic carbocycles. The van der Waals surface area contributed by atoms with Crippen molar-refractivity contribution in [1.82, 2.24) is 0 Å². The van der Waals surface area contributed by atoms with E-state index in [-0.39, 0.29) is 6.17 Å². The Labute approximate surface area is 87.7 Å². The van der Waals surface area contributed by atoms with E-state index in [1.807, 2.05) is 11.8 Å². The summed E-state index contributed by atoms with van der Waals surface area (Å²) in [4.78, 5) is 1.93. The van der Waals surface area contributed by atoms with E-state index in [4.69, 9.17) is 5.73 Å². The van der Waals surface area contributed by atoms with Crippen molar-refractivity contribution in [2.75, 3.05) is 11.4 Å². The Morgan fingerprint density at radius 3 is 2.73 bits per heavy atom. The quantitative estimate of drug-likeness (QED) is 0.812. The van der Waals surface area contributed by atoms with Gasteiger partial charge in [0.25, 0.3) is 0 Å². The molecule has 0 saturated carbocycles. The first-order valence-corrected chi connectivity index (χ1v) is 5.13. The maximum atomic E-state index is 13.1. The minimum Gasteiger partial charge on any atom is -0.356 e. The summed E-state index contributed by atoms with van der Waals surface area (Å²) in [5, 5.41) is 0. The van der Waals surface area contributed by atoms with Gasteiger partial charge < -0.3 is 10.6 Å². The van der Waals surface area contributed by atoms with Crippen LogP contribution in [0.3, 0.4) is 0 Å². The van der Waals surface area contributed by atoms with Crippen LogP contribution in [0.15, 0.2) is 12.1 Å². The average molecular weight is 212 g/mol. The SMILES string of the molecule is CCC(N)N1CCc2cc(F)c(F)cc21. The van der Waals surface area contributed by atoms with Gasteiger partial charge in [-0.05, 0) is 24.5 Å². The van der Waals surface area contributed by atoms with Crippen molar-refractivity contribution in [2.24, 2.45) is 5.73 Å². The molecule has 82 valence electrons. The largest absolute Gasteiger partial charge is 0.356 e. The Bertz CT molecular complexity index is 379. The summed E-state index contributed by atoms with van der Waals surface area (Å²) >= 11 is 0. The van der Waals surface area contributed by atoms with E-state index in [2.05, 4.69) is 0 Å². The molecule has 1 unspecified atom stereocenters. The highest BCUT2D eigenvalue weighted by molar-refractivity contribution is 5.58. The molecule has 1 aromatic rings. The summed E-state index contributed by atoms with van der Waals surface area (Å²) in [5.41, 5.74) is 7.48. The summed E-state index contributed by atoms with van der Waals surface area (Å²) in [5.74, 6) is -1.58. The molecule has 4 heteroatoms. The van der Waals surface area contributed by atoms with Gasteiger partial charge in [-0.15, -0.1) is 0 Å². The molecule has 0 amide bonds. The molecule has 0 saturated heterocycles. The molecule has 15 heavy (non-hydrogen) atoms. The number of nitrogens with zero attached hydrogens (tertiary/aromatic N) is 1. The van der Waals surface area contributed by atoms with Gasteiger partial charge in [-0.25, -0.2) is 8.78 Å². The lowest BCUT2D eigenvalue weighted by Gasteiger charge is -2.25. The highest BCUT2D eigenvalue weighted by atomic mass is 19.2. The lowest BCUT2D eigenvalue weighted by Crippen LogP contribution is -2.40. The van der Waals surface area contributed by atoms with Crippen LogP contribution in [0.1, 0.15) is 18.9 Å². The number of fused-ring (bicyclic) bond motifs is 1. The summed E-state index contributed by atoms with van der Waals surface area (Å²) in [7, 11) is 0. The summed E-state index contributed by atoms with van der Waals surface area (Å²) in [6, 6.07) is 2.51. The van der Waals surface area contributed by atoms with Gasteiger partial charge in [-0.2, -0.15) is 0 Å². The van der Waals surface area contributed by atoms with E-state index in [1.54, 1.807) is 0 Å². The third-order valence-electron chi connectivity index (χ3n) is 2.87. The molecule has 1 heterocycles. The maximum absolute atomic E-state index is 13.1. The molecule has 1 aliphatic heterocycles. The lowest BCUT2D eigenvalue weighted by molar-refractivity contribution is 0.507. The Hall–Kier alpha value is -1.16. The van der Waals surface area contributed by atoms with Crippen LogP contribution in [0.25, 0.3) is 0 Å². The van der Waals surface area contributed by atoms with Gasteiger partial charge >= 0.3 is 0 Å². The molecule has 0 bridgehead atoms. The second-order valence-corrected chi connectivity index (χ2v) is 3.81. The number of halogens is 2. The van der Waals surface area contributed by atoms with Crippen LogP contribution in [-0.2, 0) is 6.42 Å². The van der Waals surface area contributed by atoms with E-state index in [0.717, 1.165) is 30.6 Å². The van der Waals surface area contributed by atoms with Crippen molar-refractivity contribution < 1.29 is 8.78 Å². The molecule has 2 rings (SSSR count). The second kappa shape index (κ2) is 3.77. The van der Waals surface area contributed by atoms with Crippen LogP contribution >= 0.6 is 0 Å². The first-order chi connectivity index (χ1) is 7.13. The minimum atomic E-state index is -0.802. The third kappa shape index (κ3) is 1.69. The van der Waals surface area contributed by atoms with E-state index in [1.165, 1.54) is 12.1 Å². The van der Waals surface area contributed by atoms with Gasteiger partial charge in [0.2, 0.25) is 0 Å². The number of nitrogens with two attached hydrogens (primary N) is 1. The smallest absolute Gasteiger partial charge is 0.160 e. The zero-order chi connectivity index (χ0) is 11.0. The molecular formula is C11H14F2N2. The Morgan fingerprint density at radius 1 is 1.40 bits per heavy atom. The van der Waals surface area contributed by atoms with Gasteiger partial charge in [0, 0.05) is 18.3 Å². The molecule has 1 atom stereocenters. The lowest BCUT2D eigenvalue weighted by atomic mass is 10.1. The van der Waals surface area contributed by atoms with Gasteiger partial charge in [0.1, 0.15) is 0 Å². The van der Waals surface area contributed by atoms with Crippen LogP contribution in [0.2, 0.25) is 0 Å². The number of rotatable bonds is 2. The molecule has 2 N–H and O–H groups in total. The van der Waals surface area contributed by atoms with Crippen LogP contribution in [-0.4, -0.2) is 12.7 Å². The number of hydrogen-bond acceptors (Lipinski definition) is 2. The van der Waals surface area contributed by atoms with Gasteiger partial charge in [-0.1, -0.05) is 6.92 Å². The molecule has 0 spiro atoms. The molecule has 1 aliphatic rings. The topological polar surface area (TPSA) is 29.3 Å². The Balaban J connectivity index is 2.38. The summed E-state index contributed by atoms with van der Waals surface area (Å²) < 4.78 is 26.0. The predicted octanol–water partition coefficient (Wildman–Crippen LogP) is 2.02. The fourth-order valence-corrected chi connectivity index (χ4v) is 1.97. The Morgan fingerprint density at radius 2 is 2.07 bits per heavy atom. The van der Waals surface area contributed by atoms with Gasteiger partial charge in [0.15, 0.2) is 11.6 Å². The van der Waals surface area contributed by atoms with Crippen molar-refractivity contribution in [3.8, 4) is 0 Å². The second-order valence-electron chi connectivity index (χ2n) is 3.81. The number of benzene rings is 1. The molecule has 0 aliphatic carbocycles. The molecule has 2 nitrogen and oxygen atoms in total. The zero-order valence-corrected chi connectivity index (χ0v) is 8.63. The fourth-order valence-electron chi connectivity index (χ4n) is 1.97. The normalized spacial score (nSPS) is 16.7. The monoisotopic (exact) mass is 212 g/mol. The average Bonchev–Trinajstić information content (AvgIpc) is 2.61. The summed E-state index contributed by atoms with van der Waals surface area (Å²) in [6.07, 6.45) is 1.41. The van der Waals surface area contributed by atoms with E-state index >= 15 is 0 Å². The first kappa shape index (κ1) is 10.4. The highest BCUT2D eigenvalue weighted by Gasteiger charge is 2.24. The van der Waals surface area contributed by atoms with Gasteiger partial charge in [0.05, 0.1) is 6.17 Å². The molecule has 0 fully saturated rings. The standard InChI is InChI=1S/C11H14F2N2/c1-2-11(14)15-4-3-7-5-8(12)9(13)6-10(7)15/h5-6,11H,2-4,14H2,1H3. The van der Waals surface area contributed by atoms with E-state index in [0.29, 0.717) is 0 Å². The van der Waals surface area contributed by atoms with Crippen molar-refractivity contribution >= 4 is 5.69 Å². The van der Waals surface area contributed by atoms with Crippen molar-refractivity contribution in [3.05, 3.63) is 29.3 Å². The predicted molar refractivity (Wildman–Crippen MR) is 55.7 cm³/mol. The number of anilines is 1. The number of hydrogen-bond donors (Lipinski definition) is 1. The summed E-state index contributed by atoms with van der Waals surface area (Å²) in [6.45, 7) is 2.72. The molecule has 0 aromatic heterocycles. The van der Waals surface area contributed by atoms with Crippen LogP contribution in [0, 0.1) is 11.6 Å². The fraction of sp³-hybridized carbons (Fsp3) is 0.455. The van der Waals surface area contributed by atoms with Crippen LogP contribution in [0.5, 0.6) is 0 Å². The van der Waals surface area contributed by atoms with Crippen molar-refractivity contribution in [3.63, 3.8) is 0 Å². The van der Waals surface area contributed by atoms with Crippen molar-refractivity contribution in [2.45, 2.75) is 25.9 Å². The highest BCUT2D eigenvalue weighted by Crippen LogP contribution is 2.31. The molecular weight excluding hydrogens is 198 g/mol. The Kier molecular flexibility index (Phi) is 2.61. The first-order valence-electron chi connectivity index (χ1n) is 5.13. The van der Waals surface area contributed by atoms with Crippen molar-refractivity contribution in [1.29, 1.82) is 0 Å². The van der Waals surface area contributed by atoms with Crippen LogP contribution < -0.4 is 10.6 Å². The molecule has 0 radical (unpaired) electrons. The minimum absolute atomic E-state index is 0.115. The van der Waals surface area contributed by atoms with Crippen LogP contribution in [0.4, 0.5) is 14.5 Å². The van der Waals surface area contributed by atoms with Gasteiger partial charge in [-0.3, -0.25) is 0 Å².